The third-order valence-corrected chi connectivity index (χ3v) is 5.29. The minimum absolute atomic E-state index is 0.0296. The lowest BCUT2D eigenvalue weighted by Crippen LogP contribution is -2.31. The first-order chi connectivity index (χ1) is 13.8. The van der Waals surface area contributed by atoms with Crippen molar-refractivity contribution in [2.24, 2.45) is 0 Å². The van der Waals surface area contributed by atoms with E-state index in [-0.39, 0.29) is 12.0 Å². The van der Waals surface area contributed by atoms with E-state index in [0.29, 0.717) is 19.0 Å². The molecule has 5 rings (SSSR count). The highest BCUT2D eigenvalue weighted by Gasteiger charge is 2.28. The van der Waals surface area contributed by atoms with Gasteiger partial charge in [-0.2, -0.15) is 0 Å². The molecule has 0 spiro atoms. The van der Waals surface area contributed by atoms with Gasteiger partial charge in [-0.05, 0) is 35.0 Å². The number of pyridine rings is 1. The van der Waals surface area contributed by atoms with Crippen LogP contribution in [0.4, 0.5) is 0 Å². The average molecular weight is 368 g/mol. The molecule has 2 heterocycles. The third kappa shape index (κ3) is 3.18. The van der Waals surface area contributed by atoms with Crippen LogP contribution in [0.15, 0.2) is 78.9 Å². The SMILES string of the molecule is O=C(c1ccc2ccccc2c1)N1CCC(Oc2ccc3ccccc3n2)C1. The van der Waals surface area contributed by atoms with Crippen molar-refractivity contribution in [1.29, 1.82) is 0 Å². The second kappa shape index (κ2) is 6.97. The predicted octanol–water partition coefficient (Wildman–Crippen LogP) is 4.68. The Morgan fingerprint density at radius 1 is 0.893 bits per heavy atom. The van der Waals surface area contributed by atoms with Crippen LogP contribution in [0, 0.1) is 0 Å². The van der Waals surface area contributed by atoms with Crippen molar-refractivity contribution in [3.05, 3.63) is 84.4 Å². The van der Waals surface area contributed by atoms with E-state index in [1.807, 2.05) is 77.7 Å². The van der Waals surface area contributed by atoms with Crippen LogP contribution in [0.3, 0.4) is 0 Å². The summed E-state index contributed by atoms with van der Waals surface area (Å²) in [5.41, 5.74) is 1.64. The van der Waals surface area contributed by atoms with Gasteiger partial charge in [0, 0.05) is 30.0 Å². The van der Waals surface area contributed by atoms with E-state index in [0.717, 1.165) is 33.7 Å². The van der Waals surface area contributed by atoms with Gasteiger partial charge in [-0.3, -0.25) is 4.79 Å². The van der Waals surface area contributed by atoms with E-state index < -0.39 is 0 Å². The Morgan fingerprint density at radius 3 is 2.54 bits per heavy atom. The van der Waals surface area contributed by atoms with Crippen molar-refractivity contribution in [3.63, 3.8) is 0 Å². The first-order valence-electron chi connectivity index (χ1n) is 9.57. The van der Waals surface area contributed by atoms with E-state index in [4.69, 9.17) is 4.74 Å². The van der Waals surface area contributed by atoms with Crippen molar-refractivity contribution in [3.8, 4) is 5.88 Å². The molecule has 138 valence electrons. The van der Waals surface area contributed by atoms with Gasteiger partial charge in [0.05, 0.1) is 12.1 Å². The maximum atomic E-state index is 12.9. The van der Waals surface area contributed by atoms with E-state index in [1.165, 1.54) is 0 Å². The summed E-state index contributed by atoms with van der Waals surface area (Å²) in [6.45, 7) is 1.28. The molecular weight excluding hydrogens is 348 g/mol. The minimum atomic E-state index is -0.0296. The van der Waals surface area contributed by atoms with Gasteiger partial charge in [0.1, 0.15) is 6.10 Å². The quantitative estimate of drug-likeness (QED) is 0.527. The topological polar surface area (TPSA) is 42.4 Å². The minimum Gasteiger partial charge on any atom is -0.472 e. The second-order valence-corrected chi connectivity index (χ2v) is 7.18. The molecule has 1 saturated heterocycles. The number of fused-ring (bicyclic) bond motifs is 2. The van der Waals surface area contributed by atoms with Crippen molar-refractivity contribution >= 4 is 27.6 Å². The van der Waals surface area contributed by atoms with E-state index in [2.05, 4.69) is 11.1 Å². The number of ether oxygens (including phenoxy) is 1. The maximum Gasteiger partial charge on any atom is 0.254 e. The second-order valence-electron chi connectivity index (χ2n) is 7.18. The van der Waals surface area contributed by atoms with Crippen LogP contribution in [0.5, 0.6) is 5.88 Å². The van der Waals surface area contributed by atoms with Gasteiger partial charge >= 0.3 is 0 Å². The van der Waals surface area contributed by atoms with Gasteiger partial charge < -0.3 is 9.64 Å². The number of carbonyl (C=O) groups is 1. The van der Waals surface area contributed by atoms with Gasteiger partial charge in [-0.1, -0.05) is 48.5 Å². The first kappa shape index (κ1) is 16.8. The van der Waals surface area contributed by atoms with Crippen LogP contribution in [-0.2, 0) is 0 Å². The number of likely N-dealkylation sites (tertiary alicyclic amines) is 1. The zero-order valence-corrected chi connectivity index (χ0v) is 15.4. The zero-order chi connectivity index (χ0) is 18.9. The summed E-state index contributed by atoms with van der Waals surface area (Å²) in [6, 6.07) is 25.9. The van der Waals surface area contributed by atoms with Gasteiger partial charge in [0.15, 0.2) is 0 Å². The van der Waals surface area contributed by atoms with Crippen LogP contribution in [-0.4, -0.2) is 35.0 Å². The fourth-order valence-electron chi connectivity index (χ4n) is 3.80. The number of rotatable bonds is 3. The molecule has 1 aromatic heterocycles. The van der Waals surface area contributed by atoms with Gasteiger partial charge in [0.25, 0.3) is 5.91 Å². The van der Waals surface area contributed by atoms with Gasteiger partial charge in [0.2, 0.25) is 5.88 Å². The largest absolute Gasteiger partial charge is 0.472 e. The van der Waals surface area contributed by atoms with Crippen molar-refractivity contribution in [2.75, 3.05) is 13.1 Å². The van der Waals surface area contributed by atoms with Crippen LogP contribution < -0.4 is 4.74 Å². The van der Waals surface area contributed by atoms with Crippen molar-refractivity contribution in [1.82, 2.24) is 9.88 Å². The normalized spacial score (nSPS) is 16.6. The van der Waals surface area contributed by atoms with Crippen LogP contribution >= 0.6 is 0 Å². The molecule has 4 aromatic rings. The summed E-state index contributed by atoms with van der Waals surface area (Å²) in [5.74, 6) is 0.673. The molecule has 0 bridgehead atoms. The first-order valence-corrected chi connectivity index (χ1v) is 9.57. The molecule has 0 radical (unpaired) electrons. The molecule has 0 saturated carbocycles. The molecule has 1 fully saturated rings. The van der Waals surface area contributed by atoms with Crippen LogP contribution in [0.25, 0.3) is 21.7 Å². The van der Waals surface area contributed by atoms with Crippen molar-refractivity contribution in [2.45, 2.75) is 12.5 Å². The highest BCUT2D eigenvalue weighted by molar-refractivity contribution is 5.98. The summed E-state index contributed by atoms with van der Waals surface area (Å²) < 4.78 is 6.06. The van der Waals surface area contributed by atoms with Crippen molar-refractivity contribution < 1.29 is 9.53 Å². The van der Waals surface area contributed by atoms with Crippen LogP contribution in [0.1, 0.15) is 16.8 Å². The Hall–Kier alpha value is -3.40. The summed E-state index contributed by atoms with van der Waals surface area (Å²) in [5, 5.41) is 3.32. The molecule has 0 aliphatic carbocycles. The number of nitrogens with zero attached hydrogens (tertiary/aromatic N) is 2. The highest BCUT2D eigenvalue weighted by Crippen LogP contribution is 2.22. The zero-order valence-electron chi connectivity index (χ0n) is 15.4. The Labute approximate surface area is 163 Å². The Balaban J connectivity index is 1.29. The number of carbonyl (C=O) groups excluding carboxylic acids is 1. The molecule has 28 heavy (non-hydrogen) atoms. The summed E-state index contributed by atoms with van der Waals surface area (Å²) in [4.78, 5) is 19.4. The fourth-order valence-corrected chi connectivity index (χ4v) is 3.80. The molecule has 1 aliphatic heterocycles. The molecular formula is C24H20N2O2. The molecule has 1 atom stereocenters. The number of amides is 1. The molecule has 1 amide bonds. The Kier molecular flexibility index (Phi) is 4.17. The molecule has 0 N–H and O–H groups in total. The number of hydrogen-bond acceptors (Lipinski definition) is 3. The Bertz CT molecular complexity index is 1170. The van der Waals surface area contributed by atoms with E-state index in [9.17, 15) is 4.79 Å². The summed E-state index contributed by atoms with van der Waals surface area (Å²) in [6.07, 6.45) is 0.784. The lowest BCUT2D eigenvalue weighted by Gasteiger charge is -2.17. The molecule has 4 nitrogen and oxygen atoms in total. The summed E-state index contributed by atoms with van der Waals surface area (Å²) >= 11 is 0. The maximum absolute atomic E-state index is 12.9. The number of benzene rings is 3. The monoisotopic (exact) mass is 368 g/mol. The summed E-state index contributed by atoms with van der Waals surface area (Å²) in [7, 11) is 0. The molecule has 3 aromatic carbocycles. The smallest absolute Gasteiger partial charge is 0.254 e. The number of para-hydroxylation sites is 1. The van der Waals surface area contributed by atoms with E-state index >= 15 is 0 Å². The lowest BCUT2D eigenvalue weighted by molar-refractivity contribution is 0.0771. The number of hydrogen-bond donors (Lipinski definition) is 0. The third-order valence-electron chi connectivity index (χ3n) is 5.29. The fraction of sp³-hybridized carbons (Fsp3) is 0.167. The van der Waals surface area contributed by atoms with Crippen LogP contribution in [0.2, 0.25) is 0 Å². The molecule has 4 heteroatoms. The number of aromatic nitrogens is 1. The molecule has 1 unspecified atom stereocenters. The average Bonchev–Trinajstić information content (AvgIpc) is 3.21. The lowest BCUT2D eigenvalue weighted by atomic mass is 10.1. The van der Waals surface area contributed by atoms with Gasteiger partial charge in [-0.25, -0.2) is 4.98 Å². The Morgan fingerprint density at radius 2 is 1.64 bits per heavy atom. The van der Waals surface area contributed by atoms with Gasteiger partial charge in [-0.15, -0.1) is 0 Å². The van der Waals surface area contributed by atoms with E-state index in [1.54, 1.807) is 0 Å². The molecule has 1 aliphatic rings. The highest BCUT2D eigenvalue weighted by atomic mass is 16.5. The standard InChI is InChI=1S/C24H20N2O2/c27-24(20-10-9-17-5-1-2-7-19(17)15-20)26-14-13-21(16-26)28-23-12-11-18-6-3-4-8-22(18)25-23/h1-12,15,21H,13-14,16H2. The predicted molar refractivity (Wildman–Crippen MR) is 111 cm³/mol.